The van der Waals surface area contributed by atoms with Crippen molar-refractivity contribution < 1.29 is 9.59 Å². The number of nitrogens with one attached hydrogen (secondary N) is 1. The lowest BCUT2D eigenvalue weighted by Gasteiger charge is -2.06. The van der Waals surface area contributed by atoms with Crippen LogP contribution < -0.4 is 5.32 Å². The number of benzene rings is 3. The van der Waals surface area contributed by atoms with E-state index < -0.39 is 0 Å². The summed E-state index contributed by atoms with van der Waals surface area (Å²) in [5.41, 5.74) is 3.09. The Morgan fingerprint density at radius 2 is 0.826 bits per heavy atom. The van der Waals surface area contributed by atoms with Gasteiger partial charge in [-0.15, -0.1) is 0 Å². The monoisotopic (exact) mass is 303 g/mol. The van der Waals surface area contributed by atoms with E-state index in [-0.39, 0.29) is 0 Å². The van der Waals surface area contributed by atoms with E-state index >= 15 is 0 Å². The summed E-state index contributed by atoms with van der Waals surface area (Å²) in [7, 11) is 0. The van der Waals surface area contributed by atoms with Gasteiger partial charge in [-0.25, -0.2) is 0 Å². The molecule has 1 N–H and O–H groups in total. The molecule has 0 aliphatic rings. The Kier molecular flexibility index (Phi) is 6.29. The van der Waals surface area contributed by atoms with Crippen molar-refractivity contribution in [1.29, 1.82) is 0 Å². The summed E-state index contributed by atoms with van der Waals surface area (Å²) < 4.78 is 0. The van der Waals surface area contributed by atoms with Crippen molar-refractivity contribution in [1.82, 2.24) is 0 Å². The fraction of sp³-hybridized carbons (Fsp3) is 0. The molecule has 0 aromatic heterocycles. The highest BCUT2D eigenvalue weighted by molar-refractivity contribution is 5.77. The summed E-state index contributed by atoms with van der Waals surface area (Å²) in [5, 5.41) is 3.17. The van der Waals surface area contributed by atoms with Crippen LogP contribution in [-0.2, 0) is 0 Å². The van der Waals surface area contributed by atoms with E-state index in [9.17, 15) is 9.59 Å². The maximum atomic E-state index is 10.5. The van der Waals surface area contributed by atoms with Gasteiger partial charge in [0.1, 0.15) is 12.6 Å². The van der Waals surface area contributed by atoms with Crippen LogP contribution in [0, 0.1) is 0 Å². The van der Waals surface area contributed by atoms with Gasteiger partial charge in [0.25, 0.3) is 0 Å². The van der Waals surface area contributed by atoms with E-state index in [4.69, 9.17) is 0 Å². The van der Waals surface area contributed by atoms with Crippen molar-refractivity contribution in [3.8, 4) is 0 Å². The number of aldehydes is 2. The highest BCUT2D eigenvalue weighted by atomic mass is 16.1. The van der Waals surface area contributed by atoms with E-state index in [1.165, 1.54) is 0 Å². The van der Waals surface area contributed by atoms with Crippen LogP contribution in [0.15, 0.2) is 84.9 Å². The standard InChI is InChI=1S/C14H11NO2.C6H6/c16-9-11-1-5-13(6-2-11)15-14-7-3-12(10-17)4-8-14;1-2-4-6-5-3-1/h1-10,15H;1-6H. The first-order valence-corrected chi connectivity index (χ1v) is 7.19. The molecule has 3 aromatic carbocycles. The molecule has 0 atom stereocenters. The van der Waals surface area contributed by atoms with Gasteiger partial charge in [-0.3, -0.25) is 9.59 Å². The number of carbonyl (C=O) groups excluding carboxylic acids is 2. The average molecular weight is 303 g/mol. The third-order valence-corrected chi connectivity index (χ3v) is 3.05. The van der Waals surface area contributed by atoms with Crippen molar-refractivity contribution in [2.24, 2.45) is 0 Å². The lowest BCUT2D eigenvalue weighted by Crippen LogP contribution is -1.91. The molecular weight excluding hydrogens is 286 g/mol. The van der Waals surface area contributed by atoms with Crippen LogP contribution in [0.1, 0.15) is 20.7 Å². The van der Waals surface area contributed by atoms with Gasteiger partial charge in [0.2, 0.25) is 0 Å². The average Bonchev–Trinajstić information content (AvgIpc) is 2.65. The van der Waals surface area contributed by atoms with E-state index in [2.05, 4.69) is 5.32 Å². The third kappa shape index (κ3) is 5.59. The first-order valence-electron chi connectivity index (χ1n) is 7.19. The molecule has 3 heteroatoms. The maximum Gasteiger partial charge on any atom is 0.150 e. The zero-order chi connectivity index (χ0) is 16.3. The molecule has 0 heterocycles. The van der Waals surface area contributed by atoms with E-state index in [0.717, 1.165) is 23.9 Å². The topological polar surface area (TPSA) is 46.2 Å². The minimum absolute atomic E-state index is 0.645. The minimum Gasteiger partial charge on any atom is -0.356 e. The summed E-state index contributed by atoms with van der Waals surface area (Å²) in [5.74, 6) is 0. The highest BCUT2D eigenvalue weighted by Gasteiger charge is 1.96. The number of rotatable bonds is 4. The smallest absolute Gasteiger partial charge is 0.150 e. The van der Waals surface area contributed by atoms with Gasteiger partial charge in [-0.1, -0.05) is 36.4 Å². The van der Waals surface area contributed by atoms with Gasteiger partial charge in [0.15, 0.2) is 0 Å². The Morgan fingerprint density at radius 1 is 0.522 bits per heavy atom. The fourth-order valence-corrected chi connectivity index (χ4v) is 1.84. The molecule has 0 aliphatic heterocycles. The van der Waals surface area contributed by atoms with E-state index in [1.54, 1.807) is 24.3 Å². The van der Waals surface area contributed by atoms with Crippen molar-refractivity contribution in [3.05, 3.63) is 96.1 Å². The van der Waals surface area contributed by atoms with Gasteiger partial charge in [0, 0.05) is 22.5 Å². The minimum atomic E-state index is 0.645. The van der Waals surface area contributed by atoms with Gasteiger partial charge < -0.3 is 5.32 Å². The fourth-order valence-electron chi connectivity index (χ4n) is 1.84. The quantitative estimate of drug-likeness (QED) is 0.708. The van der Waals surface area contributed by atoms with Crippen molar-refractivity contribution in [2.45, 2.75) is 0 Å². The largest absolute Gasteiger partial charge is 0.356 e. The molecule has 0 saturated carbocycles. The lowest BCUT2D eigenvalue weighted by atomic mass is 10.2. The molecule has 3 rings (SSSR count). The molecule has 3 nitrogen and oxygen atoms in total. The predicted octanol–water partition coefficient (Wildman–Crippen LogP) is 4.74. The Labute approximate surface area is 135 Å². The van der Waals surface area contributed by atoms with Crippen LogP contribution >= 0.6 is 0 Å². The van der Waals surface area contributed by atoms with Crippen LogP contribution in [0.5, 0.6) is 0 Å². The molecule has 0 aliphatic carbocycles. The second kappa shape index (κ2) is 8.95. The predicted molar refractivity (Wildman–Crippen MR) is 93.4 cm³/mol. The van der Waals surface area contributed by atoms with Crippen LogP contribution in [0.25, 0.3) is 0 Å². The van der Waals surface area contributed by atoms with Crippen molar-refractivity contribution in [3.63, 3.8) is 0 Å². The third-order valence-electron chi connectivity index (χ3n) is 3.05. The zero-order valence-corrected chi connectivity index (χ0v) is 12.6. The number of hydrogen-bond acceptors (Lipinski definition) is 3. The first-order chi connectivity index (χ1) is 11.3. The molecule has 0 bridgehead atoms. The summed E-state index contributed by atoms with van der Waals surface area (Å²) in [6, 6.07) is 26.3. The SMILES string of the molecule is O=Cc1ccc(Nc2ccc(C=O)cc2)cc1.c1ccccc1. The highest BCUT2D eigenvalue weighted by Crippen LogP contribution is 2.16. The zero-order valence-electron chi connectivity index (χ0n) is 12.6. The normalized spacial score (nSPS) is 9.22. The molecular formula is C20H17NO2. The maximum absolute atomic E-state index is 10.5. The van der Waals surface area contributed by atoms with E-state index in [1.807, 2.05) is 60.7 Å². The second-order valence-electron chi connectivity index (χ2n) is 4.76. The van der Waals surface area contributed by atoms with Crippen LogP contribution in [-0.4, -0.2) is 12.6 Å². The molecule has 0 radical (unpaired) electrons. The molecule has 0 unspecified atom stereocenters. The lowest BCUT2D eigenvalue weighted by molar-refractivity contribution is 0.111. The summed E-state index contributed by atoms with van der Waals surface area (Å²) in [6.07, 6.45) is 1.62. The van der Waals surface area contributed by atoms with Crippen LogP contribution in [0.3, 0.4) is 0 Å². The van der Waals surface area contributed by atoms with Crippen molar-refractivity contribution in [2.75, 3.05) is 5.32 Å². The Balaban J connectivity index is 0.000000268. The Morgan fingerprint density at radius 3 is 1.09 bits per heavy atom. The van der Waals surface area contributed by atoms with Crippen molar-refractivity contribution >= 4 is 23.9 Å². The molecule has 114 valence electrons. The number of carbonyl (C=O) groups is 2. The number of anilines is 2. The summed E-state index contributed by atoms with van der Waals surface area (Å²) >= 11 is 0. The molecule has 0 amide bonds. The van der Waals surface area contributed by atoms with Crippen LogP contribution in [0.2, 0.25) is 0 Å². The van der Waals surface area contributed by atoms with Gasteiger partial charge in [-0.05, 0) is 48.5 Å². The van der Waals surface area contributed by atoms with E-state index in [0.29, 0.717) is 11.1 Å². The van der Waals surface area contributed by atoms with Crippen LogP contribution in [0.4, 0.5) is 11.4 Å². The molecule has 0 fully saturated rings. The first kappa shape index (κ1) is 16.2. The molecule has 0 saturated heterocycles. The van der Waals surface area contributed by atoms with Gasteiger partial charge >= 0.3 is 0 Å². The Hall–Kier alpha value is -3.20. The van der Waals surface area contributed by atoms with Gasteiger partial charge in [0.05, 0.1) is 0 Å². The molecule has 0 spiro atoms. The summed E-state index contributed by atoms with van der Waals surface area (Å²) in [4.78, 5) is 21.0. The van der Waals surface area contributed by atoms with Gasteiger partial charge in [-0.2, -0.15) is 0 Å². The second-order valence-corrected chi connectivity index (χ2v) is 4.76. The summed E-state index contributed by atoms with van der Waals surface area (Å²) in [6.45, 7) is 0. The number of hydrogen-bond donors (Lipinski definition) is 1. The molecule has 23 heavy (non-hydrogen) atoms. The Bertz CT molecular complexity index is 644. The molecule has 3 aromatic rings.